The van der Waals surface area contributed by atoms with Gasteiger partial charge in [-0.3, -0.25) is 0 Å². The van der Waals surface area contributed by atoms with Gasteiger partial charge in [0, 0.05) is 26.2 Å². The molecule has 0 saturated carbocycles. The molecule has 24 heavy (non-hydrogen) atoms. The summed E-state index contributed by atoms with van der Waals surface area (Å²) in [5.74, 6) is 0. The Morgan fingerprint density at radius 3 is 2.79 bits per heavy atom. The second kappa shape index (κ2) is 7.38. The fourth-order valence-corrected chi connectivity index (χ4v) is 2.60. The van der Waals surface area contributed by atoms with Crippen LogP contribution < -0.4 is 16.0 Å². The predicted octanol–water partition coefficient (Wildman–Crippen LogP) is 2.28. The molecule has 4 amide bonds. The molecule has 0 radical (unpaired) electrons. The molecule has 1 aromatic carbocycles. The van der Waals surface area contributed by atoms with Crippen LogP contribution in [-0.4, -0.2) is 43.1 Å². The largest absolute Gasteiger partial charge is 0.336 e. The maximum Gasteiger partial charge on any atom is 0.317 e. The molecule has 0 bridgehead atoms. The fraction of sp³-hybridized carbons (Fsp3) is 0.444. The number of amides is 4. The predicted molar refractivity (Wildman–Crippen MR) is 95.7 cm³/mol. The summed E-state index contributed by atoms with van der Waals surface area (Å²) < 4.78 is 0. The van der Waals surface area contributed by atoms with Gasteiger partial charge in [0.2, 0.25) is 0 Å². The average molecular weight is 330 g/mol. The van der Waals surface area contributed by atoms with Gasteiger partial charge in [-0.1, -0.05) is 30.4 Å². The van der Waals surface area contributed by atoms with Crippen molar-refractivity contribution in [2.24, 2.45) is 0 Å². The number of urea groups is 2. The van der Waals surface area contributed by atoms with Crippen LogP contribution >= 0.6 is 0 Å². The summed E-state index contributed by atoms with van der Waals surface area (Å²) in [7, 11) is 0. The molecule has 130 valence electrons. The lowest BCUT2D eigenvalue weighted by molar-refractivity contribution is 0.214. The van der Waals surface area contributed by atoms with Crippen LogP contribution in [0.3, 0.4) is 0 Å². The van der Waals surface area contributed by atoms with Crippen LogP contribution in [-0.2, 0) is 5.54 Å². The minimum Gasteiger partial charge on any atom is -0.336 e. The van der Waals surface area contributed by atoms with Crippen molar-refractivity contribution in [1.82, 2.24) is 20.9 Å². The van der Waals surface area contributed by atoms with Gasteiger partial charge in [-0.2, -0.15) is 0 Å². The van der Waals surface area contributed by atoms with Gasteiger partial charge in [-0.05, 0) is 38.0 Å². The van der Waals surface area contributed by atoms with Crippen LogP contribution in [0.1, 0.15) is 31.9 Å². The summed E-state index contributed by atoms with van der Waals surface area (Å²) in [6.07, 6.45) is 0. The first-order valence-electron chi connectivity index (χ1n) is 8.15. The van der Waals surface area contributed by atoms with Crippen molar-refractivity contribution in [3.63, 3.8) is 0 Å². The second-order valence-corrected chi connectivity index (χ2v) is 6.59. The van der Waals surface area contributed by atoms with Gasteiger partial charge in [0.15, 0.2) is 0 Å². The van der Waals surface area contributed by atoms with Gasteiger partial charge in [-0.15, -0.1) is 0 Å². The number of nitrogens with one attached hydrogen (secondary N) is 3. The number of nitrogens with zero attached hydrogens (tertiary/aromatic N) is 1. The van der Waals surface area contributed by atoms with Gasteiger partial charge in [0.05, 0.1) is 5.54 Å². The van der Waals surface area contributed by atoms with Gasteiger partial charge >= 0.3 is 12.1 Å². The molecule has 1 fully saturated rings. The number of hydrogen-bond acceptors (Lipinski definition) is 2. The first-order chi connectivity index (χ1) is 11.3. The van der Waals surface area contributed by atoms with E-state index in [4.69, 9.17) is 0 Å². The third-order valence-electron chi connectivity index (χ3n) is 4.12. The number of rotatable bonds is 6. The summed E-state index contributed by atoms with van der Waals surface area (Å²) in [4.78, 5) is 25.3. The van der Waals surface area contributed by atoms with Crippen molar-refractivity contribution in [2.45, 2.75) is 26.3 Å². The van der Waals surface area contributed by atoms with Gasteiger partial charge < -0.3 is 20.9 Å². The molecule has 0 atom stereocenters. The zero-order valence-corrected chi connectivity index (χ0v) is 14.6. The highest BCUT2D eigenvalue weighted by Gasteiger charge is 2.23. The van der Waals surface area contributed by atoms with E-state index >= 15 is 0 Å². The lowest BCUT2D eigenvalue weighted by atomic mass is 9.92. The molecule has 0 unspecified atom stereocenters. The van der Waals surface area contributed by atoms with Crippen LogP contribution in [0.5, 0.6) is 0 Å². The number of benzene rings is 1. The van der Waals surface area contributed by atoms with Crippen molar-refractivity contribution < 1.29 is 9.59 Å². The Morgan fingerprint density at radius 1 is 1.42 bits per heavy atom. The Balaban J connectivity index is 1.88. The molecule has 1 saturated heterocycles. The van der Waals surface area contributed by atoms with Gasteiger partial charge in [0.25, 0.3) is 0 Å². The molecular formula is C18H26N4O2. The van der Waals surface area contributed by atoms with Crippen molar-refractivity contribution in [3.8, 4) is 0 Å². The fourth-order valence-electron chi connectivity index (χ4n) is 2.60. The van der Waals surface area contributed by atoms with E-state index in [0.717, 1.165) is 16.7 Å². The minimum absolute atomic E-state index is 0.0749. The summed E-state index contributed by atoms with van der Waals surface area (Å²) >= 11 is 0. The van der Waals surface area contributed by atoms with E-state index in [9.17, 15) is 9.59 Å². The SMILES string of the molecule is C=C(C)c1cccc(C(C)(C)NC(=O)NCCN2CCNC2=O)c1. The zero-order valence-electron chi connectivity index (χ0n) is 14.6. The molecule has 1 aliphatic rings. The third-order valence-corrected chi connectivity index (χ3v) is 4.12. The lowest BCUT2D eigenvalue weighted by Gasteiger charge is -2.28. The summed E-state index contributed by atoms with van der Waals surface area (Å²) in [5.41, 5.74) is 2.54. The van der Waals surface area contributed by atoms with Crippen LogP contribution in [0.25, 0.3) is 5.57 Å². The maximum absolute atomic E-state index is 12.1. The van der Waals surface area contributed by atoms with E-state index in [2.05, 4.69) is 22.5 Å². The first kappa shape index (κ1) is 17.8. The Bertz CT molecular complexity index is 640. The van der Waals surface area contributed by atoms with Gasteiger partial charge in [0.1, 0.15) is 0 Å². The third kappa shape index (κ3) is 4.50. The number of carbonyl (C=O) groups excluding carboxylic acids is 2. The van der Waals surface area contributed by atoms with Crippen LogP contribution in [0.15, 0.2) is 30.8 Å². The molecule has 0 spiro atoms. The molecule has 1 heterocycles. The minimum atomic E-state index is -0.513. The smallest absolute Gasteiger partial charge is 0.317 e. The molecule has 0 aliphatic carbocycles. The van der Waals surface area contributed by atoms with E-state index in [1.807, 2.05) is 45.0 Å². The monoisotopic (exact) mass is 330 g/mol. The van der Waals surface area contributed by atoms with E-state index in [0.29, 0.717) is 26.2 Å². The molecule has 1 aliphatic heterocycles. The van der Waals surface area contributed by atoms with Crippen LogP contribution in [0, 0.1) is 0 Å². The quantitative estimate of drug-likeness (QED) is 0.749. The average Bonchev–Trinajstić information content (AvgIpc) is 2.92. The Morgan fingerprint density at radius 2 is 2.17 bits per heavy atom. The highest BCUT2D eigenvalue weighted by Crippen LogP contribution is 2.23. The van der Waals surface area contributed by atoms with Crippen LogP contribution in [0.2, 0.25) is 0 Å². The molecule has 6 heteroatoms. The summed E-state index contributed by atoms with van der Waals surface area (Å²) in [6.45, 7) is 12.1. The number of allylic oxidation sites excluding steroid dienone is 1. The summed E-state index contributed by atoms with van der Waals surface area (Å²) in [6, 6.07) is 7.67. The number of carbonyl (C=O) groups is 2. The van der Waals surface area contributed by atoms with E-state index in [-0.39, 0.29) is 12.1 Å². The molecule has 0 aromatic heterocycles. The van der Waals surface area contributed by atoms with Gasteiger partial charge in [-0.25, -0.2) is 9.59 Å². The second-order valence-electron chi connectivity index (χ2n) is 6.59. The van der Waals surface area contributed by atoms with Crippen molar-refractivity contribution in [1.29, 1.82) is 0 Å². The Kier molecular flexibility index (Phi) is 5.49. The topological polar surface area (TPSA) is 73.5 Å². The number of hydrogen-bond donors (Lipinski definition) is 3. The highest BCUT2D eigenvalue weighted by atomic mass is 16.2. The lowest BCUT2D eigenvalue weighted by Crippen LogP contribution is -2.48. The molecular weight excluding hydrogens is 304 g/mol. The molecule has 1 aromatic rings. The molecule has 6 nitrogen and oxygen atoms in total. The van der Waals surface area contributed by atoms with Crippen molar-refractivity contribution >= 4 is 17.6 Å². The highest BCUT2D eigenvalue weighted by molar-refractivity contribution is 5.77. The standard InChI is InChI=1S/C18H26N4O2/c1-13(2)14-6-5-7-15(12-14)18(3,4)21-16(23)19-8-10-22-11-9-20-17(22)24/h5-7,12H,1,8-11H2,2-4H3,(H,20,24)(H2,19,21,23). The summed E-state index contributed by atoms with van der Waals surface area (Å²) in [5, 5.41) is 8.51. The zero-order chi connectivity index (χ0) is 17.7. The first-order valence-corrected chi connectivity index (χ1v) is 8.15. The maximum atomic E-state index is 12.1. The van der Waals surface area contributed by atoms with Crippen molar-refractivity contribution in [2.75, 3.05) is 26.2 Å². The van der Waals surface area contributed by atoms with E-state index < -0.39 is 5.54 Å². The Labute approximate surface area is 143 Å². The van der Waals surface area contributed by atoms with E-state index in [1.54, 1.807) is 4.90 Å². The molecule has 3 N–H and O–H groups in total. The van der Waals surface area contributed by atoms with Crippen molar-refractivity contribution in [3.05, 3.63) is 42.0 Å². The van der Waals surface area contributed by atoms with Crippen LogP contribution in [0.4, 0.5) is 9.59 Å². The van der Waals surface area contributed by atoms with E-state index in [1.165, 1.54) is 0 Å². The Hall–Kier alpha value is -2.50. The normalized spacial score (nSPS) is 14.3. The molecule has 2 rings (SSSR count).